The second-order valence-electron chi connectivity index (χ2n) is 4.04. The fourth-order valence-corrected chi connectivity index (χ4v) is 3.90. The Labute approximate surface area is 111 Å². The molecule has 1 fully saturated rings. The van der Waals surface area contributed by atoms with Crippen LogP contribution in [0, 0.1) is 0 Å². The molecule has 0 aromatic heterocycles. The Morgan fingerprint density at radius 2 is 2.18 bits per heavy atom. The van der Waals surface area contributed by atoms with E-state index in [4.69, 9.17) is 23.2 Å². The van der Waals surface area contributed by atoms with Crippen LogP contribution in [0.3, 0.4) is 0 Å². The zero-order chi connectivity index (χ0) is 12.5. The van der Waals surface area contributed by atoms with Crippen molar-refractivity contribution in [3.63, 3.8) is 0 Å². The van der Waals surface area contributed by atoms with E-state index < -0.39 is 10.0 Å². The lowest BCUT2D eigenvalue weighted by atomic mass is 10.1. The summed E-state index contributed by atoms with van der Waals surface area (Å²) >= 11 is 11.4. The normalized spacial score (nSPS) is 21.9. The van der Waals surface area contributed by atoms with Gasteiger partial charge in [-0.05, 0) is 30.5 Å². The lowest BCUT2D eigenvalue weighted by Gasteiger charge is -2.23. The van der Waals surface area contributed by atoms with E-state index in [2.05, 4.69) is 0 Å². The van der Waals surface area contributed by atoms with Gasteiger partial charge in [-0.2, -0.15) is 4.31 Å². The molecule has 1 saturated heterocycles. The van der Waals surface area contributed by atoms with Gasteiger partial charge in [0.05, 0.1) is 0 Å². The van der Waals surface area contributed by atoms with Gasteiger partial charge in [0, 0.05) is 17.6 Å². The second kappa shape index (κ2) is 5.14. The van der Waals surface area contributed by atoms with Crippen LogP contribution >= 0.6 is 23.2 Å². The fraction of sp³-hybridized carbons (Fsp3) is 0.455. The van der Waals surface area contributed by atoms with E-state index in [0.29, 0.717) is 11.6 Å². The third-order valence-electron chi connectivity index (χ3n) is 2.93. The van der Waals surface area contributed by atoms with E-state index in [-0.39, 0.29) is 11.3 Å². The largest absolute Gasteiger partial charge is 0.228 e. The minimum Gasteiger partial charge on any atom is -0.211 e. The van der Waals surface area contributed by atoms with Crippen LogP contribution in [0.4, 0.5) is 0 Å². The van der Waals surface area contributed by atoms with Crippen molar-refractivity contribution in [1.82, 2.24) is 4.31 Å². The fourth-order valence-electron chi connectivity index (χ4n) is 2.18. The van der Waals surface area contributed by atoms with Crippen molar-refractivity contribution in [1.29, 1.82) is 0 Å². The molecule has 0 N–H and O–H groups in total. The molecule has 6 heteroatoms. The van der Waals surface area contributed by atoms with Crippen molar-refractivity contribution >= 4 is 33.2 Å². The van der Waals surface area contributed by atoms with Crippen molar-refractivity contribution in [3.05, 3.63) is 34.9 Å². The Bertz CT molecular complexity index is 504. The standard InChI is InChI=1S/C11H13Cl2NO2S/c12-8-17(15,16)14-6-2-5-11(14)9-3-1-4-10(13)7-9/h1,3-4,7,11H,2,5-6,8H2. The summed E-state index contributed by atoms with van der Waals surface area (Å²) in [6.45, 7) is 0.534. The first-order valence-corrected chi connectivity index (χ1v) is 7.88. The predicted molar refractivity (Wildman–Crippen MR) is 69.8 cm³/mol. The molecule has 0 bridgehead atoms. The average Bonchev–Trinajstić information content (AvgIpc) is 2.78. The topological polar surface area (TPSA) is 37.4 Å². The van der Waals surface area contributed by atoms with Crippen molar-refractivity contribution in [2.24, 2.45) is 0 Å². The first-order valence-electron chi connectivity index (χ1n) is 5.35. The summed E-state index contributed by atoms with van der Waals surface area (Å²) < 4.78 is 25.1. The molecule has 1 aromatic carbocycles. The van der Waals surface area contributed by atoms with Crippen molar-refractivity contribution in [3.8, 4) is 0 Å². The zero-order valence-electron chi connectivity index (χ0n) is 9.14. The molecule has 1 unspecified atom stereocenters. The lowest BCUT2D eigenvalue weighted by molar-refractivity contribution is 0.399. The van der Waals surface area contributed by atoms with Crippen LogP contribution in [0.15, 0.2) is 24.3 Å². The van der Waals surface area contributed by atoms with Crippen LogP contribution in [0.2, 0.25) is 5.02 Å². The third-order valence-corrected chi connectivity index (χ3v) is 5.42. The molecule has 0 amide bonds. The monoisotopic (exact) mass is 293 g/mol. The number of alkyl halides is 1. The number of rotatable bonds is 3. The Morgan fingerprint density at radius 3 is 2.82 bits per heavy atom. The molecule has 1 atom stereocenters. The van der Waals surface area contributed by atoms with E-state index in [1.165, 1.54) is 4.31 Å². The highest BCUT2D eigenvalue weighted by Crippen LogP contribution is 2.35. The smallest absolute Gasteiger partial charge is 0.211 e. The van der Waals surface area contributed by atoms with Crippen molar-refractivity contribution < 1.29 is 8.42 Å². The molecule has 1 heterocycles. The van der Waals surface area contributed by atoms with E-state index >= 15 is 0 Å². The molecule has 1 aliphatic rings. The maximum absolute atomic E-state index is 11.8. The summed E-state index contributed by atoms with van der Waals surface area (Å²) in [5, 5.41) is 0.252. The van der Waals surface area contributed by atoms with E-state index in [9.17, 15) is 8.42 Å². The molecule has 17 heavy (non-hydrogen) atoms. The Balaban J connectivity index is 2.32. The molecule has 3 nitrogen and oxygen atoms in total. The highest BCUT2D eigenvalue weighted by molar-refractivity contribution is 7.90. The average molecular weight is 294 g/mol. The van der Waals surface area contributed by atoms with E-state index in [0.717, 1.165) is 18.4 Å². The van der Waals surface area contributed by atoms with Crippen LogP contribution < -0.4 is 0 Å². The number of hydrogen-bond acceptors (Lipinski definition) is 2. The van der Waals surface area contributed by atoms with Crippen LogP contribution in [0.25, 0.3) is 0 Å². The highest BCUT2D eigenvalue weighted by Gasteiger charge is 2.34. The number of hydrogen-bond donors (Lipinski definition) is 0. The number of benzene rings is 1. The summed E-state index contributed by atoms with van der Waals surface area (Å²) in [6, 6.07) is 7.20. The molecule has 1 aromatic rings. The predicted octanol–water partition coefficient (Wildman–Crippen LogP) is 3.00. The number of halogens is 2. The summed E-state index contributed by atoms with van der Waals surface area (Å²) in [5.41, 5.74) is 0.934. The van der Waals surface area contributed by atoms with Gasteiger partial charge in [0.25, 0.3) is 0 Å². The minimum atomic E-state index is -3.35. The molecule has 0 radical (unpaired) electrons. The molecule has 1 aliphatic heterocycles. The van der Waals surface area contributed by atoms with Crippen LogP contribution in [0.5, 0.6) is 0 Å². The molecule has 0 aliphatic carbocycles. The summed E-state index contributed by atoms with van der Waals surface area (Å²) in [7, 11) is -3.35. The van der Waals surface area contributed by atoms with Gasteiger partial charge in [-0.3, -0.25) is 0 Å². The SMILES string of the molecule is O=S(=O)(CCl)N1CCCC1c1cccc(Cl)c1. The second-order valence-corrected chi connectivity index (χ2v) is 6.99. The quantitative estimate of drug-likeness (QED) is 0.804. The molecule has 2 rings (SSSR count). The Hall–Kier alpha value is -0.290. The minimum absolute atomic E-state index is 0.127. The molecule has 0 saturated carbocycles. The summed E-state index contributed by atoms with van der Waals surface area (Å²) in [4.78, 5) is 0. The molecule has 0 spiro atoms. The van der Waals surface area contributed by atoms with Gasteiger partial charge >= 0.3 is 0 Å². The Kier molecular flexibility index (Phi) is 3.98. The van der Waals surface area contributed by atoms with Crippen LogP contribution in [0.1, 0.15) is 24.4 Å². The van der Waals surface area contributed by atoms with E-state index in [1.807, 2.05) is 18.2 Å². The van der Waals surface area contributed by atoms with Gasteiger partial charge in [-0.1, -0.05) is 23.7 Å². The van der Waals surface area contributed by atoms with Gasteiger partial charge in [-0.25, -0.2) is 8.42 Å². The first kappa shape index (κ1) is 13.1. The zero-order valence-corrected chi connectivity index (χ0v) is 11.5. The van der Waals surface area contributed by atoms with Crippen LogP contribution in [-0.2, 0) is 10.0 Å². The number of nitrogens with zero attached hydrogens (tertiary/aromatic N) is 1. The maximum Gasteiger partial charge on any atom is 0.228 e. The first-order chi connectivity index (χ1) is 8.04. The van der Waals surface area contributed by atoms with E-state index in [1.54, 1.807) is 6.07 Å². The summed E-state index contributed by atoms with van der Waals surface area (Å²) in [6.07, 6.45) is 1.67. The molecular weight excluding hydrogens is 281 g/mol. The summed E-state index contributed by atoms with van der Waals surface area (Å²) in [5.74, 6) is 0. The number of sulfonamides is 1. The van der Waals surface area contributed by atoms with Crippen LogP contribution in [-0.4, -0.2) is 24.5 Å². The Morgan fingerprint density at radius 1 is 1.41 bits per heavy atom. The van der Waals surface area contributed by atoms with Gasteiger partial charge in [-0.15, -0.1) is 11.6 Å². The lowest BCUT2D eigenvalue weighted by Crippen LogP contribution is -2.31. The van der Waals surface area contributed by atoms with Crippen molar-refractivity contribution in [2.45, 2.75) is 18.9 Å². The van der Waals surface area contributed by atoms with Gasteiger partial charge in [0.2, 0.25) is 10.0 Å². The highest BCUT2D eigenvalue weighted by atomic mass is 35.5. The maximum atomic E-state index is 11.8. The van der Waals surface area contributed by atoms with Gasteiger partial charge < -0.3 is 0 Å². The van der Waals surface area contributed by atoms with Crippen molar-refractivity contribution in [2.75, 3.05) is 11.8 Å². The molecular formula is C11H13Cl2NO2S. The third kappa shape index (κ3) is 2.76. The van der Waals surface area contributed by atoms with Gasteiger partial charge in [0.1, 0.15) is 5.21 Å². The molecule has 94 valence electrons. The van der Waals surface area contributed by atoms with Gasteiger partial charge in [0.15, 0.2) is 0 Å².